The van der Waals surface area contributed by atoms with Crippen molar-refractivity contribution in [3.8, 4) is 23.0 Å². The highest BCUT2D eigenvalue weighted by atomic mass is 35.5. The van der Waals surface area contributed by atoms with Gasteiger partial charge in [0.1, 0.15) is 5.58 Å². The van der Waals surface area contributed by atoms with E-state index in [-0.39, 0.29) is 52.6 Å². The molecule has 3 aromatic carbocycles. The second-order valence-corrected chi connectivity index (χ2v) is 8.93. The Morgan fingerprint density at radius 2 is 1.89 bits per heavy atom. The maximum Gasteiger partial charge on any atom is 0.291 e. The third kappa shape index (κ3) is 3.53. The Morgan fingerprint density at radius 1 is 1.06 bits per heavy atom. The number of phenols is 1. The number of amides is 1. The van der Waals surface area contributed by atoms with Gasteiger partial charge in [0.15, 0.2) is 28.4 Å². The molecule has 36 heavy (non-hydrogen) atoms. The minimum absolute atomic E-state index is 0.0217. The van der Waals surface area contributed by atoms with Crippen molar-refractivity contribution < 1.29 is 28.5 Å². The summed E-state index contributed by atoms with van der Waals surface area (Å²) in [6.45, 7) is 2.45. The summed E-state index contributed by atoms with van der Waals surface area (Å²) in [4.78, 5) is 29.0. The Morgan fingerprint density at radius 3 is 2.72 bits per heavy atom. The average molecular weight is 506 g/mol. The topological polar surface area (TPSA) is 98.4 Å². The molecule has 2 aliphatic rings. The summed E-state index contributed by atoms with van der Waals surface area (Å²) in [5.74, 6) is 0.994. The number of fused-ring (bicyclic) bond motifs is 3. The quantitative estimate of drug-likeness (QED) is 0.406. The number of aromatic hydroxyl groups is 1. The van der Waals surface area contributed by atoms with Gasteiger partial charge in [0.25, 0.3) is 5.91 Å². The van der Waals surface area contributed by atoms with Crippen LogP contribution in [0.2, 0.25) is 5.02 Å². The number of carbonyl (C=O) groups excluding carboxylic acids is 1. The van der Waals surface area contributed by atoms with Crippen LogP contribution >= 0.6 is 11.6 Å². The number of rotatable bonds is 5. The van der Waals surface area contributed by atoms with E-state index >= 15 is 0 Å². The first-order valence-electron chi connectivity index (χ1n) is 11.4. The van der Waals surface area contributed by atoms with Gasteiger partial charge in [-0.25, -0.2) is 0 Å². The molecule has 0 bridgehead atoms. The van der Waals surface area contributed by atoms with E-state index in [9.17, 15) is 14.7 Å². The Bertz CT molecular complexity index is 1600. The molecule has 6 rings (SSSR count). The van der Waals surface area contributed by atoms with Crippen molar-refractivity contribution >= 4 is 28.5 Å². The van der Waals surface area contributed by atoms with Crippen molar-refractivity contribution in [3.63, 3.8) is 0 Å². The number of hydrogen-bond donors (Lipinski definition) is 1. The van der Waals surface area contributed by atoms with Crippen LogP contribution in [0.4, 0.5) is 0 Å². The second-order valence-electron chi connectivity index (χ2n) is 8.50. The predicted octanol–water partition coefficient (Wildman–Crippen LogP) is 5.02. The second kappa shape index (κ2) is 8.49. The fourth-order valence-corrected chi connectivity index (χ4v) is 4.88. The fourth-order valence-electron chi connectivity index (χ4n) is 4.71. The number of hydrogen-bond acceptors (Lipinski definition) is 7. The molecule has 0 radical (unpaired) electrons. The molecule has 1 amide bonds. The molecule has 0 fully saturated rings. The van der Waals surface area contributed by atoms with Crippen LogP contribution in [0.25, 0.3) is 11.0 Å². The largest absolute Gasteiger partial charge is 0.504 e. The van der Waals surface area contributed by atoms with Gasteiger partial charge in [-0.05, 0) is 60.5 Å². The molecule has 3 heterocycles. The smallest absolute Gasteiger partial charge is 0.291 e. The summed E-state index contributed by atoms with van der Waals surface area (Å²) in [7, 11) is 0. The molecule has 4 aromatic rings. The van der Waals surface area contributed by atoms with Gasteiger partial charge in [0.05, 0.1) is 23.6 Å². The predicted molar refractivity (Wildman–Crippen MR) is 131 cm³/mol. The van der Waals surface area contributed by atoms with E-state index in [1.54, 1.807) is 42.2 Å². The number of phenolic OH excluding ortho intramolecular Hbond substituents is 1. The van der Waals surface area contributed by atoms with E-state index in [0.29, 0.717) is 28.7 Å². The molecule has 1 atom stereocenters. The van der Waals surface area contributed by atoms with E-state index in [1.807, 2.05) is 12.1 Å². The van der Waals surface area contributed by atoms with Crippen molar-refractivity contribution in [2.75, 3.05) is 13.4 Å². The molecule has 0 saturated carbocycles. The zero-order valence-electron chi connectivity index (χ0n) is 19.1. The van der Waals surface area contributed by atoms with E-state index in [0.717, 1.165) is 5.56 Å². The molecule has 1 N–H and O–H groups in total. The zero-order chi connectivity index (χ0) is 25.0. The van der Waals surface area contributed by atoms with Gasteiger partial charge in [-0.15, -0.1) is 0 Å². The minimum atomic E-state index is -0.780. The monoisotopic (exact) mass is 505 g/mol. The van der Waals surface area contributed by atoms with Gasteiger partial charge in [-0.3, -0.25) is 9.59 Å². The maximum absolute atomic E-state index is 13.7. The van der Waals surface area contributed by atoms with Gasteiger partial charge in [0.2, 0.25) is 12.6 Å². The molecule has 2 aliphatic heterocycles. The highest BCUT2D eigenvalue weighted by molar-refractivity contribution is 6.31. The first-order valence-corrected chi connectivity index (χ1v) is 11.7. The van der Waals surface area contributed by atoms with Crippen molar-refractivity contribution in [2.24, 2.45) is 0 Å². The van der Waals surface area contributed by atoms with Crippen LogP contribution < -0.4 is 19.6 Å². The lowest BCUT2D eigenvalue weighted by molar-refractivity contribution is 0.0714. The molecule has 1 aromatic heterocycles. The molecular weight excluding hydrogens is 486 g/mol. The molecule has 8 nitrogen and oxygen atoms in total. The third-order valence-electron chi connectivity index (χ3n) is 6.32. The summed E-state index contributed by atoms with van der Waals surface area (Å²) in [6.07, 6.45) is 0. The Hall–Kier alpha value is -4.17. The Kier molecular flexibility index (Phi) is 5.26. The highest BCUT2D eigenvalue weighted by Gasteiger charge is 2.43. The van der Waals surface area contributed by atoms with Gasteiger partial charge >= 0.3 is 0 Å². The summed E-state index contributed by atoms with van der Waals surface area (Å²) in [5.41, 5.74) is 1.53. The summed E-state index contributed by atoms with van der Waals surface area (Å²) < 4.78 is 22.4. The van der Waals surface area contributed by atoms with Crippen molar-refractivity contribution in [2.45, 2.75) is 19.5 Å². The Balaban J connectivity index is 1.53. The molecule has 9 heteroatoms. The normalized spacial score (nSPS) is 16.0. The molecule has 0 unspecified atom stereocenters. The Labute approximate surface area is 210 Å². The van der Waals surface area contributed by atoms with Crippen LogP contribution in [0.3, 0.4) is 0 Å². The maximum atomic E-state index is 13.7. The van der Waals surface area contributed by atoms with Crippen molar-refractivity contribution in [1.82, 2.24) is 4.90 Å². The van der Waals surface area contributed by atoms with Crippen LogP contribution in [0.15, 0.2) is 63.8 Å². The van der Waals surface area contributed by atoms with Gasteiger partial charge in [-0.1, -0.05) is 23.7 Å². The van der Waals surface area contributed by atoms with Crippen molar-refractivity contribution in [1.29, 1.82) is 0 Å². The lowest BCUT2D eigenvalue weighted by Crippen LogP contribution is -2.29. The van der Waals surface area contributed by atoms with Crippen LogP contribution in [0.5, 0.6) is 23.0 Å². The summed E-state index contributed by atoms with van der Waals surface area (Å²) >= 11 is 6.15. The lowest BCUT2D eigenvalue weighted by atomic mass is 9.97. The number of nitrogens with zero attached hydrogens (tertiary/aromatic N) is 1. The zero-order valence-corrected chi connectivity index (χ0v) is 19.9. The van der Waals surface area contributed by atoms with E-state index < -0.39 is 11.9 Å². The van der Waals surface area contributed by atoms with E-state index in [2.05, 4.69) is 0 Å². The fraction of sp³-hybridized carbons (Fsp3) is 0.185. The lowest BCUT2D eigenvalue weighted by Gasteiger charge is -2.26. The average Bonchev–Trinajstić information content (AvgIpc) is 3.44. The third-order valence-corrected chi connectivity index (χ3v) is 6.55. The molecular formula is C27H20ClNO7. The molecule has 0 saturated heterocycles. The van der Waals surface area contributed by atoms with Crippen LogP contribution in [-0.4, -0.2) is 29.3 Å². The van der Waals surface area contributed by atoms with Gasteiger partial charge in [-0.2, -0.15) is 0 Å². The van der Waals surface area contributed by atoms with Gasteiger partial charge in [0, 0.05) is 11.6 Å². The molecule has 0 aliphatic carbocycles. The first kappa shape index (κ1) is 22.3. The first-order chi connectivity index (χ1) is 17.4. The van der Waals surface area contributed by atoms with Crippen molar-refractivity contribution in [3.05, 3.63) is 92.3 Å². The summed E-state index contributed by atoms with van der Waals surface area (Å²) in [6, 6.07) is 14.2. The molecule has 182 valence electrons. The number of benzene rings is 3. The SMILES string of the molecule is CCOc1cc([C@@H]2c3c(oc4ccc(Cl)cc4c3=O)C(=O)N2Cc2ccc3c(c2)OCO3)ccc1O. The summed E-state index contributed by atoms with van der Waals surface area (Å²) in [5, 5.41) is 10.9. The van der Waals surface area contributed by atoms with E-state index in [4.69, 9.17) is 30.2 Å². The van der Waals surface area contributed by atoms with Crippen LogP contribution in [0, 0.1) is 0 Å². The van der Waals surface area contributed by atoms with Crippen LogP contribution in [0.1, 0.15) is 40.2 Å². The number of carbonyl (C=O) groups is 1. The number of ether oxygens (including phenoxy) is 3. The molecule has 0 spiro atoms. The highest BCUT2D eigenvalue weighted by Crippen LogP contribution is 2.42. The van der Waals surface area contributed by atoms with E-state index in [1.165, 1.54) is 12.1 Å². The van der Waals surface area contributed by atoms with Gasteiger partial charge < -0.3 is 28.6 Å². The van der Waals surface area contributed by atoms with Crippen LogP contribution in [-0.2, 0) is 6.54 Å². The number of halogens is 1. The minimum Gasteiger partial charge on any atom is -0.504 e. The standard InChI is InChI=1S/C27H20ClNO7/c1-2-33-21-10-15(4-6-18(21)30)24-23-25(31)17-11-16(28)5-8-19(17)36-26(23)27(32)29(24)12-14-3-7-20-22(9-14)35-13-34-20/h3-11,24,30H,2,12-13H2,1H3/t24-/m1/s1.